The first-order valence-electron chi connectivity index (χ1n) is 5.23. The molecule has 1 amide bonds. The zero-order valence-electron chi connectivity index (χ0n) is 8.62. The standard InChI is InChI=1S/C10H17NOS2/c1-2-3-4-5-6-9(12)11-7-8-14-10(11)13/h2-8H2,1H3. The van der Waals surface area contributed by atoms with Crippen LogP contribution in [-0.4, -0.2) is 27.4 Å². The minimum atomic E-state index is 0.219. The molecule has 1 fully saturated rings. The number of carbonyl (C=O) groups is 1. The summed E-state index contributed by atoms with van der Waals surface area (Å²) in [6.45, 7) is 2.99. The Bertz CT molecular complexity index is 218. The molecule has 0 aromatic heterocycles. The Balaban J connectivity index is 2.18. The molecule has 0 saturated carbocycles. The van der Waals surface area contributed by atoms with Crippen LogP contribution in [0.2, 0.25) is 0 Å². The molecule has 1 aliphatic rings. The monoisotopic (exact) mass is 231 g/mol. The molecule has 80 valence electrons. The molecule has 0 atom stereocenters. The van der Waals surface area contributed by atoms with Gasteiger partial charge in [-0.05, 0) is 6.42 Å². The highest BCUT2D eigenvalue weighted by molar-refractivity contribution is 8.23. The molecular weight excluding hydrogens is 214 g/mol. The summed E-state index contributed by atoms with van der Waals surface area (Å²) in [6, 6.07) is 0. The summed E-state index contributed by atoms with van der Waals surface area (Å²) in [6.07, 6.45) is 5.28. The van der Waals surface area contributed by atoms with E-state index in [0.29, 0.717) is 6.42 Å². The van der Waals surface area contributed by atoms with Gasteiger partial charge in [-0.15, -0.1) is 0 Å². The third-order valence-corrected chi connectivity index (χ3v) is 3.73. The number of carbonyl (C=O) groups excluding carboxylic acids is 1. The van der Waals surface area contributed by atoms with Gasteiger partial charge in [0.05, 0.1) is 0 Å². The molecule has 0 radical (unpaired) electrons. The zero-order chi connectivity index (χ0) is 10.4. The summed E-state index contributed by atoms with van der Waals surface area (Å²) in [4.78, 5) is 13.4. The van der Waals surface area contributed by atoms with Crippen LogP contribution < -0.4 is 0 Å². The van der Waals surface area contributed by atoms with Gasteiger partial charge in [-0.2, -0.15) is 0 Å². The Labute approximate surface area is 95.4 Å². The third-order valence-electron chi connectivity index (χ3n) is 2.31. The van der Waals surface area contributed by atoms with Crippen LogP contribution in [0.5, 0.6) is 0 Å². The van der Waals surface area contributed by atoms with Crippen LogP contribution in [0.1, 0.15) is 39.0 Å². The smallest absolute Gasteiger partial charge is 0.228 e. The summed E-state index contributed by atoms with van der Waals surface area (Å²) in [5.41, 5.74) is 0. The molecule has 14 heavy (non-hydrogen) atoms. The number of hydrogen-bond donors (Lipinski definition) is 0. The van der Waals surface area contributed by atoms with E-state index in [4.69, 9.17) is 12.2 Å². The van der Waals surface area contributed by atoms with E-state index in [0.717, 1.165) is 29.5 Å². The Hall–Kier alpha value is -0.0900. The molecule has 0 bridgehead atoms. The molecular formula is C10H17NOS2. The lowest BCUT2D eigenvalue weighted by Gasteiger charge is -2.14. The van der Waals surface area contributed by atoms with E-state index in [1.54, 1.807) is 16.7 Å². The van der Waals surface area contributed by atoms with Gasteiger partial charge in [0.1, 0.15) is 4.32 Å². The van der Waals surface area contributed by atoms with Crippen LogP contribution in [0.3, 0.4) is 0 Å². The van der Waals surface area contributed by atoms with Gasteiger partial charge in [-0.3, -0.25) is 9.69 Å². The fourth-order valence-corrected chi connectivity index (χ4v) is 2.70. The molecule has 2 nitrogen and oxygen atoms in total. The fourth-order valence-electron chi connectivity index (χ4n) is 1.46. The quantitative estimate of drug-likeness (QED) is 0.536. The average molecular weight is 231 g/mol. The van der Waals surface area contributed by atoms with Crippen molar-refractivity contribution in [2.75, 3.05) is 12.3 Å². The first kappa shape index (κ1) is 12.0. The lowest BCUT2D eigenvalue weighted by atomic mass is 10.1. The molecule has 0 aliphatic carbocycles. The summed E-state index contributed by atoms with van der Waals surface area (Å²) in [5, 5.41) is 0. The Kier molecular flexibility index (Phi) is 5.48. The van der Waals surface area contributed by atoms with Gasteiger partial charge in [0.2, 0.25) is 5.91 Å². The molecule has 4 heteroatoms. The summed E-state index contributed by atoms with van der Waals surface area (Å²) < 4.78 is 0.769. The number of hydrogen-bond acceptors (Lipinski definition) is 3. The van der Waals surface area contributed by atoms with E-state index >= 15 is 0 Å². The number of unbranched alkanes of at least 4 members (excludes halogenated alkanes) is 3. The molecule has 0 aromatic carbocycles. The van der Waals surface area contributed by atoms with E-state index in [-0.39, 0.29) is 5.91 Å². The molecule has 0 spiro atoms. The molecule has 1 rings (SSSR count). The van der Waals surface area contributed by atoms with Gasteiger partial charge in [0.15, 0.2) is 0 Å². The molecule has 1 heterocycles. The molecule has 0 N–H and O–H groups in total. The predicted octanol–water partition coefficient (Wildman–Crippen LogP) is 2.82. The Morgan fingerprint density at radius 1 is 1.50 bits per heavy atom. The van der Waals surface area contributed by atoms with Crippen molar-refractivity contribution in [2.45, 2.75) is 39.0 Å². The second-order valence-corrected chi connectivity index (χ2v) is 5.20. The first-order chi connectivity index (χ1) is 6.75. The maximum Gasteiger partial charge on any atom is 0.228 e. The summed E-state index contributed by atoms with van der Waals surface area (Å²) in [7, 11) is 0. The Morgan fingerprint density at radius 3 is 2.86 bits per heavy atom. The minimum absolute atomic E-state index is 0.219. The number of thiocarbonyl (C=S) groups is 1. The lowest BCUT2D eigenvalue weighted by Crippen LogP contribution is -2.30. The van der Waals surface area contributed by atoms with Crippen molar-refractivity contribution in [1.29, 1.82) is 0 Å². The van der Waals surface area contributed by atoms with Gasteiger partial charge in [-0.1, -0.05) is 50.2 Å². The second-order valence-electron chi connectivity index (χ2n) is 3.47. The van der Waals surface area contributed by atoms with Crippen molar-refractivity contribution in [3.8, 4) is 0 Å². The van der Waals surface area contributed by atoms with E-state index in [1.165, 1.54) is 12.8 Å². The Morgan fingerprint density at radius 2 is 2.29 bits per heavy atom. The second kappa shape index (κ2) is 6.40. The summed E-state index contributed by atoms with van der Waals surface area (Å²) in [5.74, 6) is 1.19. The van der Waals surface area contributed by atoms with Crippen molar-refractivity contribution in [1.82, 2.24) is 4.90 Å². The van der Waals surface area contributed by atoms with Gasteiger partial charge in [-0.25, -0.2) is 0 Å². The van der Waals surface area contributed by atoms with Crippen LogP contribution in [0.15, 0.2) is 0 Å². The van der Waals surface area contributed by atoms with E-state index in [2.05, 4.69) is 6.92 Å². The van der Waals surface area contributed by atoms with Crippen LogP contribution in [0.25, 0.3) is 0 Å². The molecule has 0 aromatic rings. The predicted molar refractivity (Wildman–Crippen MR) is 65.5 cm³/mol. The van der Waals surface area contributed by atoms with Gasteiger partial charge < -0.3 is 0 Å². The van der Waals surface area contributed by atoms with Gasteiger partial charge >= 0.3 is 0 Å². The van der Waals surface area contributed by atoms with E-state index in [1.807, 2.05) is 0 Å². The number of rotatable bonds is 5. The maximum atomic E-state index is 11.6. The molecule has 0 unspecified atom stereocenters. The van der Waals surface area contributed by atoms with Crippen molar-refractivity contribution < 1.29 is 4.79 Å². The van der Waals surface area contributed by atoms with Crippen LogP contribution in [0.4, 0.5) is 0 Å². The first-order valence-corrected chi connectivity index (χ1v) is 6.62. The van der Waals surface area contributed by atoms with Crippen molar-refractivity contribution in [3.05, 3.63) is 0 Å². The molecule has 1 saturated heterocycles. The van der Waals surface area contributed by atoms with Gasteiger partial charge in [0, 0.05) is 18.7 Å². The van der Waals surface area contributed by atoms with Crippen LogP contribution in [0, 0.1) is 0 Å². The van der Waals surface area contributed by atoms with Gasteiger partial charge in [0.25, 0.3) is 0 Å². The van der Waals surface area contributed by atoms with Crippen LogP contribution in [-0.2, 0) is 4.79 Å². The minimum Gasteiger partial charge on any atom is -0.297 e. The topological polar surface area (TPSA) is 20.3 Å². The van der Waals surface area contributed by atoms with E-state index < -0.39 is 0 Å². The number of thioether (sulfide) groups is 1. The zero-order valence-corrected chi connectivity index (χ0v) is 10.3. The van der Waals surface area contributed by atoms with Crippen LogP contribution >= 0.6 is 24.0 Å². The average Bonchev–Trinajstić information content (AvgIpc) is 2.59. The van der Waals surface area contributed by atoms with E-state index in [9.17, 15) is 4.79 Å². The molecule has 1 aliphatic heterocycles. The highest BCUT2D eigenvalue weighted by atomic mass is 32.2. The van der Waals surface area contributed by atoms with Crippen molar-refractivity contribution in [2.24, 2.45) is 0 Å². The van der Waals surface area contributed by atoms with Crippen molar-refractivity contribution >= 4 is 34.2 Å². The highest BCUT2D eigenvalue weighted by Gasteiger charge is 2.22. The number of nitrogens with zero attached hydrogens (tertiary/aromatic N) is 1. The van der Waals surface area contributed by atoms with Crippen molar-refractivity contribution in [3.63, 3.8) is 0 Å². The third kappa shape index (κ3) is 3.58. The largest absolute Gasteiger partial charge is 0.297 e. The number of amides is 1. The maximum absolute atomic E-state index is 11.6. The fraction of sp³-hybridized carbons (Fsp3) is 0.800. The lowest BCUT2D eigenvalue weighted by molar-refractivity contribution is -0.126. The normalized spacial score (nSPS) is 16.4. The highest BCUT2D eigenvalue weighted by Crippen LogP contribution is 2.19. The SMILES string of the molecule is CCCCCCC(=O)N1CCSC1=S. The summed E-state index contributed by atoms with van der Waals surface area (Å²) >= 11 is 6.70.